The zero-order chi connectivity index (χ0) is 13.8. The van der Waals surface area contributed by atoms with Crippen LogP contribution in [-0.2, 0) is 6.18 Å². The lowest BCUT2D eigenvalue weighted by Crippen LogP contribution is -2.04. The monoisotopic (exact) mass is 273 g/mol. The highest BCUT2D eigenvalue weighted by Gasteiger charge is 2.29. The van der Waals surface area contributed by atoms with Gasteiger partial charge in [-0.1, -0.05) is 18.2 Å². The van der Waals surface area contributed by atoms with Gasteiger partial charge in [0.2, 0.25) is 0 Å². The van der Waals surface area contributed by atoms with Gasteiger partial charge in [0.1, 0.15) is 0 Å². The molecule has 1 aromatic rings. The van der Waals surface area contributed by atoms with Crippen molar-refractivity contribution in [2.24, 2.45) is 4.99 Å². The number of thioether (sulfide) groups is 1. The van der Waals surface area contributed by atoms with Crippen LogP contribution in [0, 0.1) is 0 Å². The van der Waals surface area contributed by atoms with E-state index in [1.54, 1.807) is 6.08 Å². The average molecular weight is 273 g/mol. The molecule has 0 aliphatic rings. The van der Waals surface area contributed by atoms with Gasteiger partial charge < -0.3 is 0 Å². The molecule has 0 saturated carbocycles. The van der Waals surface area contributed by atoms with Crippen molar-refractivity contribution < 1.29 is 13.2 Å². The van der Waals surface area contributed by atoms with Gasteiger partial charge in [0.15, 0.2) is 0 Å². The summed E-state index contributed by atoms with van der Waals surface area (Å²) in [4.78, 5) is 4.34. The predicted octanol–water partition coefficient (Wildman–Crippen LogP) is 4.85. The van der Waals surface area contributed by atoms with Gasteiger partial charge >= 0.3 is 6.18 Å². The van der Waals surface area contributed by atoms with E-state index in [2.05, 4.69) is 4.99 Å². The Kier molecular flexibility index (Phi) is 5.02. The maximum absolute atomic E-state index is 12.4. The number of benzene rings is 1. The van der Waals surface area contributed by atoms with Crippen LogP contribution in [0.1, 0.15) is 25.0 Å². The Balaban J connectivity index is 3.04. The van der Waals surface area contributed by atoms with E-state index in [1.165, 1.54) is 23.9 Å². The third kappa shape index (κ3) is 3.91. The van der Waals surface area contributed by atoms with E-state index >= 15 is 0 Å². The Morgan fingerprint density at radius 1 is 1.22 bits per heavy atom. The van der Waals surface area contributed by atoms with E-state index < -0.39 is 11.7 Å². The molecule has 0 radical (unpaired) electrons. The van der Waals surface area contributed by atoms with Gasteiger partial charge in [-0.15, -0.1) is 11.8 Å². The molecule has 0 fully saturated rings. The van der Waals surface area contributed by atoms with Crippen LogP contribution in [0.5, 0.6) is 0 Å². The van der Waals surface area contributed by atoms with Crippen molar-refractivity contribution in [2.45, 2.75) is 20.0 Å². The largest absolute Gasteiger partial charge is 0.416 e. The first-order chi connectivity index (χ1) is 8.38. The number of halogens is 3. The highest BCUT2D eigenvalue weighted by atomic mass is 32.2. The Bertz CT molecular complexity index is 458. The van der Waals surface area contributed by atoms with Gasteiger partial charge in [-0.25, -0.2) is 4.99 Å². The number of hydrogen-bond acceptors (Lipinski definition) is 2. The maximum atomic E-state index is 12.4. The zero-order valence-corrected chi connectivity index (χ0v) is 11.2. The summed E-state index contributed by atoms with van der Waals surface area (Å²) in [6, 6.07) is 5.02. The molecule has 0 atom stereocenters. The fourth-order valence-electron chi connectivity index (χ4n) is 1.34. The van der Waals surface area contributed by atoms with Crippen molar-refractivity contribution in [3.63, 3.8) is 0 Å². The molecule has 0 aliphatic carbocycles. The maximum Gasteiger partial charge on any atom is 0.416 e. The lowest BCUT2D eigenvalue weighted by molar-refractivity contribution is -0.137. The summed E-state index contributed by atoms with van der Waals surface area (Å²) in [7, 11) is 0. The molecule has 0 amide bonds. The van der Waals surface area contributed by atoms with E-state index in [-0.39, 0.29) is 0 Å². The van der Waals surface area contributed by atoms with Crippen molar-refractivity contribution in [3.8, 4) is 0 Å². The highest BCUT2D eigenvalue weighted by Crippen LogP contribution is 2.30. The zero-order valence-electron chi connectivity index (χ0n) is 10.4. The smallest absolute Gasteiger partial charge is 0.247 e. The molecule has 18 heavy (non-hydrogen) atoms. The summed E-state index contributed by atoms with van der Waals surface area (Å²) in [5.41, 5.74) is 0.710. The molecule has 0 saturated heterocycles. The molecule has 0 unspecified atom stereocenters. The molecule has 1 aromatic carbocycles. The van der Waals surface area contributed by atoms with Crippen LogP contribution in [0.4, 0.5) is 13.2 Å². The third-order valence-corrected chi connectivity index (χ3v) is 3.04. The average Bonchev–Trinajstić information content (AvgIpc) is 2.34. The second-order valence-corrected chi connectivity index (χ2v) is 4.58. The second kappa shape index (κ2) is 6.09. The standard InChI is InChI=1S/C13H14F3NS/c1-4-12(17-9(2)18-3)10-5-7-11(8-6-10)13(14,15)16/h4-8H,1-3H3/b12-4+,17-9?. The molecule has 0 spiro atoms. The fraction of sp³-hybridized carbons (Fsp3) is 0.308. The van der Waals surface area contributed by atoms with Crippen LogP contribution >= 0.6 is 11.8 Å². The lowest BCUT2D eigenvalue weighted by Gasteiger charge is -2.08. The minimum atomic E-state index is -4.30. The van der Waals surface area contributed by atoms with Gasteiger partial charge in [0.05, 0.1) is 16.3 Å². The SMILES string of the molecule is C/C=C(/N=C(C)SC)c1ccc(C(F)(F)F)cc1. The third-order valence-electron chi connectivity index (χ3n) is 2.35. The summed E-state index contributed by atoms with van der Waals surface area (Å²) >= 11 is 1.50. The van der Waals surface area contributed by atoms with Crippen LogP contribution in [0.2, 0.25) is 0 Å². The van der Waals surface area contributed by atoms with Crippen molar-refractivity contribution in [1.29, 1.82) is 0 Å². The predicted molar refractivity (Wildman–Crippen MR) is 71.7 cm³/mol. The second-order valence-electron chi connectivity index (χ2n) is 3.58. The van der Waals surface area contributed by atoms with Crippen LogP contribution in [0.25, 0.3) is 5.70 Å². The van der Waals surface area contributed by atoms with Crippen LogP contribution in [-0.4, -0.2) is 11.3 Å². The molecule has 1 rings (SSSR count). The first-order valence-electron chi connectivity index (χ1n) is 5.31. The van der Waals surface area contributed by atoms with E-state index in [9.17, 15) is 13.2 Å². The van der Waals surface area contributed by atoms with Crippen molar-refractivity contribution in [3.05, 3.63) is 41.5 Å². The number of nitrogens with zero attached hydrogens (tertiary/aromatic N) is 1. The van der Waals surface area contributed by atoms with E-state index in [0.717, 1.165) is 17.2 Å². The van der Waals surface area contributed by atoms with Gasteiger partial charge in [0, 0.05) is 0 Å². The van der Waals surface area contributed by atoms with Gasteiger partial charge in [0.25, 0.3) is 0 Å². The number of allylic oxidation sites excluding steroid dienone is 1. The molecule has 5 heteroatoms. The topological polar surface area (TPSA) is 12.4 Å². The minimum Gasteiger partial charge on any atom is -0.247 e. The van der Waals surface area contributed by atoms with E-state index in [1.807, 2.05) is 20.1 Å². The van der Waals surface area contributed by atoms with E-state index in [4.69, 9.17) is 0 Å². The molecule has 98 valence electrons. The van der Waals surface area contributed by atoms with Crippen LogP contribution in [0.15, 0.2) is 35.3 Å². The molecule has 0 bridgehead atoms. The van der Waals surface area contributed by atoms with Gasteiger partial charge in [-0.3, -0.25) is 0 Å². The highest BCUT2D eigenvalue weighted by molar-refractivity contribution is 8.13. The quantitative estimate of drug-likeness (QED) is 0.554. The normalized spacial score (nSPS) is 13.9. The van der Waals surface area contributed by atoms with Crippen molar-refractivity contribution >= 4 is 22.5 Å². The Morgan fingerprint density at radius 3 is 2.17 bits per heavy atom. The molecule has 0 aliphatic heterocycles. The lowest BCUT2D eigenvalue weighted by atomic mass is 10.1. The summed E-state index contributed by atoms with van der Waals surface area (Å²) in [6.07, 6.45) is -0.617. The summed E-state index contributed by atoms with van der Waals surface area (Å²) in [5, 5.41) is 0.864. The number of rotatable bonds is 2. The Morgan fingerprint density at radius 2 is 1.78 bits per heavy atom. The first-order valence-corrected chi connectivity index (χ1v) is 6.54. The Labute approximate surface area is 109 Å². The molecule has 1 nitrogen and oxygen atoms in total. The van der Waals surface area contributed by atoms with Crippen LogP contribution < -0.4 is 0 Å². The molecule has 0 heterocycles. The summed E-state index contributed by atoms with van der Waals surface area (Å²) in [6.45, 7) is 3.67. The number of hydrogen-bond donors (Lipinski definition) is 0. The van der Waals surface area contributed by atoms with Crippen molar-refractivity contribution in [1.82, 2.24) is 0 Å². The Hall–Kier alpha value is -1.23. The van der Waals surface area contributed by atoms with Gasteiger partial charge in [-0.05, 0) is 37.8 Å². The van der Waals surface area contributed by atoms with Crippen LogP contribution in [0.3, 0.4) is 0 Å². The number of aliphatic imine (C=N–C) groups is 1. The molecular formula is C13H14F3NS. The van der Waals surface area contributed by atoms with E-state index in [0.29, 0.717) is 11.3 Å². The summed E-state index contributed by atoms with van der Waals surface area (Å²) in [5.74, 6) is 0. The fourth-order valence-corrected chi connectivity index (χ4v) is 1.53. The summed E-state index contributed by atoms with van der Waals surface area (Å²) < 4.78 is 37.3. The van der Waals surface area contributed by atoms with Gasteiger partial charge in [-0.2, -0.15) is 13.2 Å². The minimum absolute atomic E-state index is 0.646. The molecule has 0 aromatic heterocycles. The van der Waals surface area contributed by atoms with Crippen molar-refractivity contribution in [2.75, 3.05) is 6.26 Å². The molecule has 0 N–H and O–H groups in total. The molecular weight excluding hydrogens is 259 g/mol. The number of alkyl halides is 3. The first kappa shape index (κ1) is 14.8.